The van der Waals surface area contributed by atoms with Crippen molar-refractivity contribution in [2.24, 2.45) is 17.3 Å². The predicted octanol–water partition coefficient (Wildman–Crippen LogP) is 7.01. The molecule has 2 aromatic heterocycles. The maximum atomic E-state index is 13.8. The van der Waals surface area contributed by atoms with E-state index in [2.05, 4.69) is 15.3 Å². The Balaban J connectivity index is 1.02. The molecule has 6 aliphatic rings. The lowest BCUT2D eigenvalue weighted by Gasteiger charge is -2.53. The zero-order valence-electron chi connectivity index (χ0n) is 23.9. The third-order valence-corrected chi connectivity index (χ3v) is 10.7. The Bertz CT molecular complexity index is 1460. The van der Waals surface area contributed by atoms with Crippen LogP contribution in [0.25, 0.3) is 11.5 Å². The van der Waals surface area contributed by atoms with E-state index in [-0.39, 0.29) is 41.9 Å². The van der Waals surface area contributed by atoms with E-state index in [0.29, 0.717) is 24.3 Å². The average molecular weight is 578 g/mol. The first-order valence-electron chi connectivity index (χ1n) is 15.7. The van der Waals surface area contributed by atoms with Crippen LogP contribution in [-0.2, 0) is 16.6 Å². The molecule has 9 rings (SSSR count). The van der Waals surface area contributed by atoms with E-state index in [1.54, 1.807) is 0 Å². The van der Waals surface area contributed by atoms with Crippen molar-refractivity contribution in [2.45, 2.75) is 107 Å². The van der Waals surface area contributed by atoms with Crippen molar-refractivity contribution < 1.29 is 22.6 Å². The summed E-state index contributed by atoms with van der Waals surface area (Å²) in [5.41, 5.74) is 1.42. The molecular weight excluding hydrogens is 540 g/mol. The van der Waals surface area contributed by atoms with Crippen LogP contribution in [0.1, 0.15) is 107 Å². The first-order chi connectivity index (χ1) is 20.3. The summed E-state index contributed by atoms with van der Waals surface area (Å²) in [6.45, 7) is 0.572. The minimum atomic E-state index is -2.64. The van der Waals surface area contributed by atoms with Crippen LogP contribution in [-0.4, -0.2) is 38.7 Å². The third kappa shape index (κ3) is 5.04. The second-order valence-corrected chi connectivity index (χ2v) is 14.0. The molecule has 1 amide bonds. The summed E-state index contributed by atoms with van der Waals surface area (Å²) < 4.78 is 38.7. The Morgan fingerprint density at radius 1 is 0.929 bits per heavy atom. The quantitative estimate of drug-likeness (QED) is 0.256. The average Bonchev–Trinajstić information content (AvgIpc) is 3.90. The zero-order chi connectivity index (χ0) is 28.5. The van der Waals surface area contributed by atoms with E-state index in [1.807, 2.05) is 29.2 Å². The number of benzene rings is 1. The van der Waals surface area contributed by atoms with Gasteiger partial charge in [-0.1, -0.05) is 16.4 Å². The highest BCUT2D eigenvalue weighted by Gasteiger charge is 2.53. The largest absolute Gasteiger partial charge is 0.339 e. The monoisotopic (exact) mass is 577 g/mol. The van der Waals surface area contributed by atoms with Gasteiger partial charge in [-0.25, -0.2) is 8.78 Å². The van der Waals surface area contributed by atoms with Crippen LogP contribution in [0.3, 0.4) is 0 Å². The van der Waals surface area contributed by atoms with Gasteiger partial charge in [0.1, 0.15) is 0 Å². The number of carbonyl (C=O) groups excluding carboxylic acids is 1. The Kier molecular flexibility index (Phi) is 6.09. The lowest BCUT2D eigenvalue weighted by molar-refractivity contribution is -0.132. The van der Waals surface area contributed by atoms with Crippen LogP contribution in [0, 0.1) is 17.3 Å². The molecule has 0 atom stereocenters. The van der Waals surface area contributed by atoms with Gasteiger partial charge < -0.3 is 13.9 Å². The fourth-order valence-electron chi connectivity index (χ4n) is 7.57. The normalized spacial score (nSPS) is 28.5. The van der Waals surface area contributed by atoms with Crippen molar-refractivity contribution in [1.82, 2.24) is 20.3 Å². The molecule has 3 aromatic rings. The molecule has 6 aliphatic carbocycles. The van der Waals surface area contributed by atoms with Gasteiger partial charge in [0.2, 0.25) is 17.7 Å². The number of aromatic nitrogens is 4. The van der Waals surface area contributed by atoms with Gasteiger partial charge >= 0.3 is 0 Å². The van der Waals surface area contributed by atoms with Gasteiger partial charge in [-0.2, -0.15) is 9.97 Å². The molecule has 0 unspecified atom stereocenters. The molecule has 0 N–H and O–H groups in total. The zero-order valence-corrected chi connectivity index (χ0v) is 23.9. The highest BCUT2D eigenvalue weighted by Crippen LogP contribution is 2.58. The molecule has 0 aliphatic heterocycles. The van der Waals surface area contributed by atoms with Gasteiger partial charge in [0.25, 0.3) is 5.89 Å². The lowest BCUT2D eigenvalue weighted by Crippen LogP contribution is -2.51. The highest BCUT2D eigenvalue weighted by molar-refractivity contribution is 5.94. The van der Waals surface area contributed by atoms with Crippen molar-refractivity contribution in [3.63, 3.8) is 0 Å². The minimum absolute atomic E-state index is 0.0303. The molecule has 0 spiro atoms. The number of carbonyl (C=O) groups is 1. The molecule has 0 radical (unpaired) electrons. The van der Waals surface area contributed by atoms with Crippen molar-refractivity contribution >= 4 is 11.6 Å². The molecule has 0 saturated heterocycles. The number of amides is 1. The summed E-state index contributed by atoms with van der Waals surface area (Å²) in [7, 11) is 0. The summed E-state index contributed by atoms with van der Waals surface area (Å²) in [6.07, 6.45) is 11.1. The van der Waals surface area contributed by atoms with Crippen LogP contribution in [0.4, 0.5) is 14.5 Å². The second-order valence-electron chi connectivity index (χ2n) is 14.0. The molecule has 6 saturated carbocycles. The highest BCUT2D eigenvalue weighted by atomic mass is 19.3. The van der Waals surface area contributed by atoms with Crippen LogP contribution < -0.4 is 4.90 Å². The number of alkyl halides is 2. The van der Waals surface area contributed by atoms with Crippen molar-refractivity contribution in [3.8, 4) is 11.5 Å². The molecule has 42 heavy (non-hydrogen) atoms. The van der Waals surface area contributed by atoms with E-state index in [1.165, 1.54) is 12.8 Å². The molecule has 2 bridgehead atoms. The van der Waals surface area contributed by atoms with Crippen LogP contribution in [0.15, 0.2) is 33.3 Å². The smallest absolute Gasteiger partial charge is 0.258 e. The van der Waals surface area contributed by atoms with E-state index in [9.17, 15) is 13.6 Å². The number of hydrogen-bond donors (Lipinski definition) is 0. The minimum Gasteiger partial charge on any atom is -0.339 e. The van der Waals surface area contributed by atoms with E-state index >= 15 is 0 Å². The lowest BCUT2D eigenvalue weighted by atomic mass is 9.53. The summed E-state index contributed by atoms with van der Waals surface area (Å²) in [6, 6.07) is 7.69. The number of anilines is 1. The number of rotatable bonds is 10. The van der Waals surface area contributed by atoms with Gasteiger partial charge in [-0.3, -0.25) is 4.79 Å². The molecule has 222 valence electrons. The summed E-state index contributed by atoms with van der Waals surface area (Å²) in [4.78, 5) is 25.1. The number of hydrogen-bond acceptors (Lipinski definition) is 7. The van der Waals surface area contributed by atoms with E-state index in [0.717, 1.165) is 86.6 Å². The third-order valence-electron chi connectivity index (χ3n) is 10.7. The molecule has 8 nitrogen and oxygen atoms in total. The summed E-state index contributed by atoms with van der Waals surface area (Å²) in [5.74, 6) is 0.906. The maximum absolute atomic E-state index is 13.8. The van der Waals surface area contributed by atoms with Crippen molar-refractivity contribution in [3.05, 3.63) is 41.8 Å². The number of nitrogens with zero attached hydrogens (tertiary/aromatic N) is 5. The first-order valence-corrected chi connectivity index (χ1v) is 15.7. The molecule has 6 fully saturated rings. The Morgan fingerprint density at radius 2 is 1.69 bits per heavy atom. The Morgan fingerprint density at radius 3 is 2.38 bits per heavy atom. The molecule has 2 heterocycles. The Labute approximate surface area is 243 Å². The summed E-state index contributed by atoms with van der Waals surface area (Å²) >= 11 is 0. The Hall–Kier alpha value is -3.17. The van der Waals surface area contributed by atoms with E-state index in [4.69, 9.17) is 14.0 Å². The van der Waals surface area contributed by atoms with Crippen molar-refractivity contribution in [1.29, 1.82) is 0 Å². The topological polar surface area (TPSA) is 98.2 Å². The molecule has 1 aromatic carbocycles. The van der Waals surface area contributed by atoms with Gasteiger partial charge in [0, 0.05) is 54.8 Å². The predicted molar refractivity (Wildman–Crippen MR) is 149 cm³/mol. The van der Waals surface area contributed by atoms with Crippen LogP contribution in [0.2, 0.25) is 0 Å². The van der Waals surface area contributed by atoms with Gasteiger partial charge in [-0.15, -0.1) is 0 Å². The van der Waals surface area contributed by atoms with E-state index < -0.39 is 5.92 Å². The van der Waals surface area contributed by atoms with Gasteiger partial charge in [0.15, 0.2) is 11.6 Å². The molecular formula is C32H37F2N5O3. The standard InChI is InChI=1S/C32H37F2N5O3/c33-32(34)17-21(18-32)15-26(40)39(24-3-1-2-23(16-24)28-36-27(38-41-28)22-6-7-22)19-30-8-11-31(12-9-30,13-10-30)29-35-25(37-42-29)14-20-4-5-20/h1-3,16,20-22H,4-15,17-19H2. The SMILES string of the molecule is O=C(CC1CC(F)(F)C1)N(CC12CCC(c3nc(CC4CC4)no3)(CC1)CC2)c1cccc(-c2nc(C3CC3)no2)c1. The van der Waals surface area contributed by atoms with Gasteiger partial charge in [0.05, 0.1) is 0 Å². The molecule has 10 heteroatoms. The summed E-state index contributed by atoms with van der Waals surface area (Å²) in [5, 5.41) is 8.45. The maximum Gasteiger partial charge on any atom is 0.258 e. The van der Waals surface area contributed by atoms with Gasteiger partial charge in [-0.05, 0) is 99.7 Å². The fraction of sp³-hybridized carbons (Fsp3) is 0.656. The van der Waals surface area contributed by atoms with Crippen LogP contribution in [0.5, 0.6) is 0 Å². The number of fused-ring (bicyclic) bond motifs is 3. The van der Waals surface area contributed by atoms with Crippen molar-refractivity contribution in [2.75, 3.05) is 11.4 Å². The fourth-order valence-corrected chi connectivity index (χ4v) is 7.57. The van der Waals surface area contributed by atoms with Crippen LogP contribution >= 0.6 is 0 Å². The second kappa shape index (κ2) is 9.67. The first kappa shape index (κ1) is 26.5. The number of halogens is 2.